The van der Waals surface area contributed by atoms with Crippen molar-refractivity contribution < 1.29 is 19.1 Å². The van der Waals surface area contributed by atoms with Crippen LogP contribution in [0.1, 0.15) is 39.5 Å². The minimum absolute atomic E-state index is 0.156. The molecule has 4 heteroatoms. The lowest BCUT2D eigenvalue weighted by Gasteiger charge is -2.00. The number of allylic oxidation sites excluding steroid dienone is 1. The van der Waals surface area contributed by atoms with Crippen molar-refractivity contribution in [3.05, 3.63) is 12.2 Å². The zero-order valence-corrected chi connectivity index (χ0v) is 10.0. The number of unbranched alkanes of at least 4 members (excludes halogenated alkanes) is 2. The van der Waals surface area contributed by atoms with Gasteiger partial charge in [0.25, 0.3) is 0 Å². The van der Waals surface area contributed by atoms with Crippen molar-refractivity contribution in [1.82, 2.24) is 0 Å². The maximum absolute atomic E-state index is 11.0. The van der Waals surface area contributed by atoms with E-state index in [1.54, 1.807) is 19.9 Å². The Morgan fingerprint density at radius 3 is 2.38 bits per heavy atom. The van der Waals surface area contributed by atoms with Crippen molar-refractivity contribution in [2.24, 2.45) is 0 Å². The molecule has 0 radical (unpaired) electrons. The van der Waals surface area contributed by atoms with Gasteiger partial charge in [0.15, 0.2) is 0 Å². The molecule has 0 amide bonds. The Labute approximate surface area is 96.6 Å². The predicted octanol–water partition coefficient (Wildman–Crippen LogP) is 2.23. The summed E-state index contributed by atoms with van der Waals surface area (Å²) >= 11 is 0. The molecule has 0 atom stereocenters. The van der Waals surface area contributed by atoms with Crippen LogP contribution in [0.25, 0.3) is 0 Å². The van der Waals surface area contributed by atoms with Gasteiger partial charge in [0.1, 0.15) is 0 Å². The number of esters is 2. The summed E-state index contributed by atoms with van der Waals surface area (Å²) in [7, 11) is 0. The van der Waals surface area contributed by atoms with Gasteiger partial charge in [-0.1, -0.05) is 6.08 Å². The molecule has 4 nitrogen and oxygen atoms in total. The average Bonchev–Trinajstić information content (AvgIpc) is 2.24. The smallest absolute Gasteiger partial charge is 0.330 e. The molecular formula is C12H20O4. The number of hydrogen-bond donors (Lipinski definition) is 0. The molecule has 0 saturated heterocycles. The predicted molar refractivity (Wildman–Crippen MR) is 60.9 cm³/mol. The van der Waals surface area contributed by atoms with Crippen LogP contribution in [-0.2, 0) is 19.1 Å². The quantitative estimate of drug-likeness (QED) is 0.363. The zero-order valence-electron chi connectivity index (χ0n) is 10.0. The fraction of sp³-hybridized carbons (Fsp3) is 0.667. The molecule has 0 unspecified atom stereocenters. The van der Waals surface area contributed by atoms with E-state index < -0.39 is 0 Å². The van der Waals surface area contributed by atoms with Crippen molar-refractivity contribution >= 4 is 11.9 Å². The highest BCUT2D eigenvalue weighted by Crippen LogP contribution is 2.02. The summed E-state index contributed by atoms with van der Waals surface area (Å²) in [5.74, 6) is -0.468. The number of carbonyl (C=O) groups excluding carboxylic acids is 2. The van der Waals surface area contributed by atoms with E-state index in [9.17, 15) is 9.59 Å². The number of carbonyl (C=O) groups is 2. The molecule has 0 aliphatic heterocycles. The number of ether oxygens (including phenoxy) is 2. The van der Waals surface area contributed by atoms with Gasteiger partial charge in [-0.15, -0.1) is 0 Å². The second-order valence-electron chi connectivity index (χ2n) is 3.21. The molecular weight excluding hydrogens is 208 g/mol. The molecule has 0 aromatic heterocycles. The minimum atomic E-state index is -0.312. The second kappa shape index (κ2) is 10.2. The summed E-state index contributed by atoms with van der Waals surface area (Å²) in [5, 5.41) is 0. The number of hydrogen-bond acceptors (Lipinski definition) is 4. The van der Waals surface area contributed by atoms with Gasteiger partial charge in [0, 0.05) is 12.5 Å². The van der Waals surface area contributed by atoms with Crippen LogP contribution >= 0.6 is 0 Å². The molecule has 0 heterocycles. The molecule has 16 heavy (non-hydrogen) atoms. The van der Waals surface area contributed by atoms with E-state index >= 15 is 0 Å². The molecule has 0 rings (SSSR count). The van der Waals surface area contributed by atoms with Crippen LogP contribution in [0.4, 0.5) is 0 Å². The van der Waals surface area contributed by atoms with Crippen molar-refractivity contribution in [3.63, 3.8) is 0 Å². The van der Waals surface area contributed by atoms with Crippen LogP contribution in [0.3, 0.4) is 0 Å². The first kappa shape index (κ1) is 14.7. The van der Waals surface area contributed by atoms with Gasteiger partial charge in [0.05, 0.1) is 13.2 Å². The van der Waals surface area contributed by atoms with Crippen molar-refractivity contribution in [2.75, 3.05) is 13.2 Å². The molecule has 0 N–H and O–H groups in total. The van der Waals surface area contributed by atoms with Crippen LogP contribution < -0.4 is 0 Å². The molecule has 0 aliphatic carbocycles. The summed E-state index contributed by atoms with van der Waals surface area (Å²) in [6, 6.07) is 0. The van der Waals surface area contributed by atoms with Gasteiger partial charge in [-0.05, 0) is 33.1 Å². The third kappa shape index (κ3) is 9.24. The molecule has 92 valence electrons. The molecule has 0 spiro atoms. The van der Waals surface area contributed by atoms with Gasteiger partial charge in [-0.3, -0.25) is 4.79 Å². The highest BCUT2D eigenvalue weighted by Gasteiger charge is 1.99. The summed E-state index contributed by atoms with van der Waals surface area (Å²) < 4.78 is 9.51. The monoisotopic (exact) mass is 228 g/mol. The first-order valence-corrected chi connectivity index (χ1v) is 5.69. The molecule has 0 aliphatic rings. The topological polar surface area (TPSA) is 52.6 Å². The van der Waals surface area contributed by atoms with E-state index in [2.05, 4.69) is 0 Å². The Morgan fingerprint density at radius 1 is 1.06 bits per heavy atom. The lowest BCUT2D eigenvalue weighted by Crippen LogP contribution is -2.03. The lowest BCUT2D eigenvalue weighted by molar-refractivity contribution is -0.143. The zero-order chi connectivity index (χ0) is 12.2. The highest BCUT2D eigenvalue weighted by atomic mass is 16.5. The number of rotatable bonds is 8. The molecule has 0 bridgehead atoms. The Balaban J connectivity index is 3.39. The van der Waals surface area contributed by atoms with Crippen LogP contribution in [0, 0.1) is 0 Å². The molecule has 0 aromatic carbocycles. The fourth-order valence-electron chi connectivity index (χ4n) is 1.13. The van der Waals surface area contributed by atoms with Gasteiger partial charge in [-0.2, -0.15) is 0 Å². The Bertz CT molecular complexity index is 233. The van der Waals surface area contributed by atoms with Crippen LogP contribution in [-0.4, -0.2) is 25.2 Å². The highest BCUT2D eigenvalue weighted by molar-refractivity contribution is 5.81. The summed E-state index contributed by atoms with van der Waals surface area (Å²) in [4.78, 5) is 21.8. The molecule has 0 saturated carbocycles. The van der Waals surface area contributed by atoms with Gasteiger partial charge >= 0.3 is 11.9 Å². The maximum atomic E-state index is 11.0. The SMILES string of the molecule is CCOC(=O)/C=C/CCCCC(=O)OCC. The van der Waals surface area contributed by atoms with E-state index in [0.717, 1.165) is 19.3 Å². The van der Waals surface area contributed by atoms with Crippen molar-refractivity contribution in [2.45, 2.75) is 39.5 Å². The molecule has 0 aromatic rings. The second-order valence-corrected chi connectivity index (χ2v) is 3.21. The summed E-state index contributed by atoms with van der Waals surface area (Å²) in [6.45, 7) is 4.39. The normalized spacial score (nSPS) is 10.4. The van der Waals surface area contributed by atoms with Crippen LogP contribution in [0.2, 0.25) is 0 Å². The third-order valence-electron chi connectivity index (χ3n) is 1.85. The first-order chi connectivity index (χ1) is 7.70. The Kier molecular flexibility index (Phi) is 9.36. The van der Waals surface area contributed by atoms with E-state index in [-0.39, 0.29) is 11.9 Å². The van der Waals surface area contributed by atoms with Crippen molar-refractivity contribution in [1.29, 1.82) is 0 Å². The minimum Gasteiger partial charge on any atom is -0.466 e. The lowest BCUT2D eigenvalue weighted by atomic mass is 10.2. The van der Waals surface area contributed by atoms with Gasteiger partial charge in [-0.25, -0.2) is 4.79 Å². The maximum Gasteiger partial charge on any atom is 0.330 e. The Hall–Kier alpha value is -1.32. The van der Waals surface area contributed by atoms with E-state index in [1.165, 1.54) is 6.08 Å². The summed E-state index contributed by atoms with van der Waals surface area (Å²) in [5.41, 5.74) is 0. The molecule has 0 fully saturated rings. The standard InChI is InChI=1S/C12H20O4/c1-3-15-11(13)9-7-5-6-8-10-12(14)16-4-2/h7,9H,3-6,8,10H2,1-2H3/b9-7+. The first-order valence-electron chi connectivity index (χ1n) is 5.69. The summed E-state index contributed by atoms with van der Waals surface area (Å²) in [6.07, 6.45) is 6.07. The van der Waals surface area contributed by atoms with E-state index in [1.807, 2.05) is 0 Å². The van der Waals surface area contributed by atoms with Crippen LogP contribution in [0.5, 0.6) is 0 Å². The van der Waals surface area contributed by atoms with E-state index in [4.69, 9.17) is 9.47 Å². The third-order valence-corrected chi connectivity index (χ3v) is 1.85. The fourth-order valence-corrected chi connectivity index (χ4v) is 1.13. The van der Waals surface area contributed by atoms with Gasteiger partial charge in [0.2, 0.25) is 0 Å². The van der Waals surface area contributed by atoms with E-state index in [0.29, 0.717) is 19.6 Å². The van der Waals surface area contributed by atoms with Crippen molar-refractivity contribution in [3.8, 4) is 0 Å². The van der Waals surface area contributed by atoms with Gasteiger partial charge < -0.3 is 9.47 Å². The Morgan fingerprint density at radius 2 is 1.75 bits per heavy atom. The average molecular weight is 228 g/mol. The van der Waals surface area contributed by atoms with Crippen LogP contribution in [0.15, 0.2) is 12.2 Å². The largest absolute Gasteiger partial charge is 0.466 e.